The first-order valence-electron chi connectivity index (χ1n) is 6.39. The molecular formula is C12H14N4OS3. The van der Waals surface area contributed by atoms with Crippen LogP contribution in [0.25, 0.3) is 0 Å². The molecule has 2 aromatic heterocycles. The number of carbonyl (C=O) groups excluding carboxylic acids is 1. The number of aryl methyl sites for hydroxylation is 1. The molecule has 1 amide bonds. The number of thiazole rings is 1. The van der Waals surface area contributed by atoms with Crippen molar-refractivity contribution in [1.82, 2.24) is 15.2 Å². The molecule has 0 radical (unpaired) electrons. The van der Waals surface area contributed by atoms with E-state index in [4.69, 9.17) is 0 Å². The van der Waals surface area contributed by atoms with Crippen LogP contribution in [0.2, 0.25) is 0 Å². The van der Waals surface area contributed by atoms with E-state index in [0.29, 0.717) is 5.13 Å². The number of hydrogen-bond acceptors (Lipinski definition) is 7. The summed E-state index contributed by atoms with van der Waals surface area (Å²) < 4.78 is 0.861. The second-order valence-corrected chi connectivity index (χ2v) is 7.90. The topological polar surface area (TPSA) is 67.8 Å². The van der Waals surface area contributed by atoms with Crippen molar-refractivity contribution >= 4 is 45.5 Å². The number of carbonyl (C=O) groups is 1. The van der Waals surface area contributed by atoms with Crippen LogP contribution in [0.1, 0.15) is 30.0 Å². The zero-order valence-corrected chi connectivity index (χ0v) is 13.4. The third-order valence-corrected chi connectivity index (χ3v) is 5.95. The highest BCUT2D eigenvalue weighted by Gasteiger charge is 2.25. The van der Waals surface area contributed by atoms with E-state index in [1.165, 1.54) is 11.3 Å². The van der Waals surface area contributed by atoms with Gasteiger partial charge in [0.05, 0.1) is 10.7 Å². The van der Waals surface area contributed by atoms with E-state index in [2.05, 4.69) is 25.9 Å². The molecule has 2 heterocycles. The van der Waals surface area contributed by atoms with Crippen LogP contribution in [0.4, 0.5) is 5.13 Å². The van der Waals surface area contributed by atoms with E-state index < -0.39 is 0 Å². The van der Waals surface area contributed by atoms with Crippen LogP contribution in [0.15, 0.2) is 9.72 Å². The Labute approximate surface area is 129 Å². The minimum Gasteiger partial charge on any atom is -0.300 e. The molecule has 0 unspecified atom stereocenters. The first kappa shape index (κ1) is 14.0. The maximum absolute atomic E-state index is 11.8. The third kappa shape index (κ3) is 3.36. The minimum absolute atomic E-state index is 0.0825. The van der Waals surface area contributed by atoms with Crippen molar-refractivity contribution in [3.8, 4) is 0 Å². The molecule has 8 heteroatoms. The molecule has 1 N–H and O–H groups in total. The van der Waals surface area contributed by atoms with Crippen LogP contribution in [-0.4, -0.2) is 21.1 Å². The summed E-state index contributed by atoms with van der Waals surface area (Å²) in [6.07, 6.45) is 3.15. The molecule has 5 nitrogen and oxygen atoms in total. The zero-order valence-electron chi connectivity index (χ0n) is 11.0. The van der Waals surface area contributed by atoms with Crippen LogP contribution in [-0.2, 0) is 10.5 Å². The highest BCUT2D eigenvalue weighted by molar-refractivity contribution is 8.00. The van der Waals surface area contributed by atoms with Crippen LogP contribution in [0, 0.1) is 12.8 Å². The summed E-state index contributed by atoms with van der Waals surface area (Å²) in [5.41, 5.74) is 1.06. The summed E-state index contributed by atoms with van der Waals surface area (Å²) in [5.74, 6) is 1.04. The van der Waals surface area contributed by atoms with E-state index in [9.17, 15) is 4.79 Å². The fourth-order valence-corrected chi connectivity index (χ4v) is 4.17. The van der Waals surface area contributed by atoms with Gasteiger partial charge in [-0.1, -0.05) is 29.5 Å². The van der Waals surface area contributed by atoms with Crippen molar-refractivity contribution in [2.75, 3.05) is 5.32 Å². The van der Waals surface area contributed by atoms with Gasteiger partial charge in [-0.15, -0.1) is 21.5 Å². The fraction of sp³-hybridized carbons (Fsp3) is 0.500. The number of hydrogen-bond donors (Lipinski definition) is 1. The highest BCUT2D eigenvalue weighted by atomic mass is 32.2. The molecule has 0 bridgehead atoms. The van der Waals surface area contributed by atoms with Gasteiger partial charge in [0.1, 0.15) is 0 Å². The molecule has 106 valence electrons. The lowest BCUT2D eigenvalue weighted by molar-refractivity contribution is -0.122. The largest absolute Gasteiger partial charge is 0.300 e. The van der Waals surface area contributed by atoms with Gasteiger partial charge in [-0.3, -0.25) is 4.79 Å². The van der Waals surface area contributed by atoms with Crippen LogP contribution in [0.5, 0.6) is 0 Å². The van der Waals surface area contributed by atoms with Crippen molar-refractivity contribution < 1.29 is 4.79 Å². The van der Waals surface area contributed by atoms with E-state index >= 15 is 0 Å². The number of thioether (sulfide) groups is 1. The van der Waals surface area contributed by atoms with Crippen molar-refractivity contribution in [1.29, 1.82) is 0 Å². The second kappa shape index (κ2) is 6.19. The normalized spacial score (nSPS) is 15.1. The molecular weight excluding hydrogens is 312 g/mol. The molecule has 0 aliphatic heterocycles. The van der Waals surface area contributed by atoms with Gasteiger partial charge >= 0.3 is 0 Å². The van der Waals surface area contributed by atoms with Crippen molar-refractivity contribution in [2.45, 2.75) is 36.3 Å². The summed E-state index contributed by atoms with van der Waals surface area (Å²) >= 11 is 4.68. The number of aromatic nitrogens is 3. The Hall–Kier alpha value is -0.990. The molecule has 2 aromatic rings. The van der Waals surface area contributed by atoms with Gasteiger partial charge in [0.15, 0.2) is 4.34 Å². The standard InChI is InChI=1S/C12H14N4OS3/c1-7-13-9(5-18-7)6-19-12-16-15-11(20-12)14-10(17)8-3-2-4-8/h5,8H,2-4,6H2,1H3,(H,14,15,17). The van der Waals surface area contributed by atoms with Crippen LogP contribution >= 0.6 is 34.4 Å². The van der Waals surface area contributed by atoms with Gasteiger partial charge in [0.2, 0.25) is 11.0 Å². The van der Waals surface area contributed by atoms with Crippen molar-refractivity contribution in [2.24, 2.45) is 5.92 Å². The van der Waals surface area contributed by atoms with Gasteiger partial charge in [0, 0.05) is 17.1 Å². The van der Waals surface area contributed by atoms with Crippen LogP contribution < -0.4 is 5.32 Å². The average Bonchev–Trinajstić information content (AvgIpc) is 2.93. The molecule has 0 atom stereocenters. The number of nitrogens with one attached hydrogen (secondary N) is 1. The minimum atomic E-state index is 0.0825. The molecule has 0 spiro atoms. The Kier molecular flexibility index (Phi) is 4.32. The summed E-state index contributed by atoms with van der Waals surface area (Å²) in [6.45, 7) is 2.00. The third-order valence-electron chi connectivity index (χ3n) is 3.12. The Morgan fingerprint density at radius 3 is 3.00 bits per heavy atom. The maximum Gasteiger partial charge on any atom is 0.229 e. The van der Waals surface area contributed by atoms with E-state index in [-0.39, 0.29) is 11.8 Å². The van der Waals surface area contributed by atoms with Gasteiger partial charge in [-0.25, -0.2) is 4.98 Å². The second-order valence-electron chi connectivity index (χ2n) is 4.64. The SMILES string of the molecule is Cc1nc(CSc2nnc(NC(=O)C3CCC3)s2)cs1. The van der Waals surface area contributed by atoms with Gasteiger partial charge in [0.25, 0.3) is 0 Å². The lowest BCUT2D eigenvalue weighted by Gasteiger charge is -2.23. The Balaban J connectivity index is 1.52. The molecule has 1 saturated carbocycles. The summed E-state index contributed by atoms with van der Waals surface area (Å²) in [5, 5.41) is 14.7. The predicted octanol–water partition coefficient (Wildman–Crippen LogP) is 3.33. The van der Waals surface area contributed by atoms with Gasteiger partial charge in [-0.05, 0) is 19.8 Å². The first-order valence-corrected chi connectivity index (χ1v) is 9.07. The number of nitrogens with zero attached hydrogens (tertiary/aromatic N) is 3. The average molecular weight is 326 g/mol. The number of rotatable bonds is 5. The highest BCUT2D eigenvalue weighted by Crippen LogP contribution is 2.31. The van der Waals surface area contributed by atoms with E-state index in [0.717, 1.165) is 40.1 Å². The lowest BCUT2D eigenvalue weighted by Crippen LogP contribution is -2.27. The molecule has 1 fully saturated rings. The smallest absolute Gasteiger partial charge is 0.229 e. The zero-order chi connectivity index (χ0) is 13.9. The number of amides is 1. The first-order chi connectivity index (χ1) is 9.70. The monoisotopic (exact) mass is 326 g/mol. The summed E-state index contributed by atoms with van der Waals surface area (Å²) in [4.78, 5) is 16.2. The van der Waals surface area contributed by atoms with Gasteiger partial charge < -0.3 is 5.32 Å². The maximum atomic E-state index is 11.8. The van der Waals surface area contributed by atoms with Crippen molar-refractivity contribution in [3.63, 3.8) is 0 Å². The molecule has 1 aliphatic rings. The molecule has 1 aliphatic carbocycles. The Bertz CT molecular complexity index is 605. The van der Waals surface area contributed by atoms with Gasteiger partial charge in [-0.2, -0.15) is 0 Å². The Morgan fingerprint density at radius 2 is 2.35 bits per heavy atom. The summed E-state index contributed by atoms with van der Waals surface area (Å²) in [7, 11) is 0. The predicted molar refractivity (Wildman–Crippen MR) is 82.3 cm³/mol. The lowest BCUT2D eigenvalue weighted by atomic mass is 9.85. The van der Waals surface area contributed by atoms with Crippen molar-refractivity contribution in [3.05, 3.63) is 16.1 Å². The van der Waals surface area contributed by atoms with E-state index in [1.807, 2.05) is 6.92 Å². The van der Waals surface area contributed by atoms with Crippen LogP contribution in [0.3, 0.4) is 0 Å². The molecule has 0 saturated heterocycles. The Morgan fingerprint density at radius 1 is 1.50 bits per heavy atom. The summed E-state index contributed by atoms with van der Waals surface area (Å²) in [6, 6.07) is 0. The number of anilines is 1. The quantitative estimate of drug-likeness (QED) is 0.674. The molecule has 0 aromatic carbocycles. The van der Waals surface area contributed by atoms with E-state index in [1.54, 1.807) is 23.1 Å². The molecule has 20 heavy (non-hydrogen) atoms. The molecule has 3 rings (SSSR count). The fourth-order valence-electron chi connectivity index (χ4n) is 1.81.